The van der Waals surface area contributed by atoms with Crippen molar-refractivity contribution < 1.29 is 24.2 Å². The first-order valence-electron chi connectivity index (χ1n) is 9.96. The van der Waals surface area contributed by atoms with E-state index in [1.165, 1.54) is 18.3 Å². The molecule has 1 amide bonds. The van der Waals surface area contributed by atoms with Crippen LogP contribution in [0.4, 0.5) is 5.82 Å². The van der Waals surface area contributed by atoms with E-state index in [1.54, 1.807) is 18.2 Å². The van der Waals surface area contributed by atoms with E-state index in [0.29, 0.717) is 22.8 Å². The van der Waals surface area contributed by atoms with E-state index in [-0.39, 0.29) is 17.5 Å². The maximum absolute atomic E-state index is 12.7. The smallest absolute Gasteiger partial charge is 0.337 e. The number of aromatic nitrogens is 1. The summed E-state index contributed by atoms with van der Waals surface area (Å²) >= 11 is 0. The second kappa shape index (κ2) is 11.3. The molecule has 3 rings (SSSR count). The van der Waals surface area contributed by atoms with Crippen LogP contribution in [0.3, 0.4) is 0 Å². The third-order valence-electron chi connectivity index (χ3n) is 3.74. The summed E-state index contributed by atoms with van der Waals surface area (Å²) in [5.41, 5.74) is 0.354. The van der Waals surface area contributed by atoms with Gasteiger partial charge in [0.05, 0.1) is 11.7 Å². The van der Waals surface area contributed by atoms with Crippen LogP contribution in [-0.4, -0.2) is 28.1 Å². The number of nitrogens with one attached hydrogen (secondary N) is 1. The van der Waals surface area contributed by atoms with Crippen molar-refractivity contribution in [2.75, 3.05) is 5.32 Å². The van der Waals surface area contributed by atoms with Crippen molar-refractivity contribution in [3.8, 4) is 17.2 Å². The number of rotatable bonds is 7. The average molecular weight is 422 g/mol. The fourth-order valence-corrected chi connectivity index (χ4v) is 2.51. The zero-order valence-corrected chi connectivity index (χ0v) is 18.0. The molecule has 1 heterocycles. The predicted octanol–water partition coefficient (Wildman–Crippen LogP) is 5.64. The molecule has 0 atom stereocenters. The Bertz CT molecular complexity index is 1000. The third kappa shape index (κ3) is 7.15. The summed E-state index contributed by atoms with van der Waals surface area (Å²) in [4.78, 5) is 27.6. The lowest BCUT2D eigenvalue weighted by atomic mass is 10.1. The molecule has 7 heteroatoms. The Kier molecular flexibility index (Phi) is 8.57. The van der Waals surface area contributed by atoms with Gasteiger partial charge < -0.3 is 19.9 Å². The van der Waals surface area contributed by atoms with Gasteiger partial charge in [0.1, 0.15) is 23.1 Å². The van der Waals surface area contributed by atoms with E-state index in [4.69, 9.17) is 14.6 Å². The van der Waals surface area contributed by atoms with E-state index < -0.39 is 11.9 Å². The number of ether oxygens (including phenoxy) is 2. The van der Waals surface area contributed by atoms with Crippen LogP contribution in [0.15, 0.2) is 66.9 Å². The second-order valence-corrected chi connectivity index (χ2v) is 6.47. The molecule has 7 nitrogen and oxygen atoms in total. The lowest BCUT2D eigenvalue weighted by Gasteiger charge is -2.14. The van der Waals surface area contributed by atoms with Gasteiger partial charge in [-0.2, -0.15) is 0 Å². The number of para-hydroxylation sites is 1. The molecule has 0 radical (unpaired) electrons. The first kappa shape index (κ1) is 23.4. The van der Waals surface area contributed by atoms with Crippen LogP contribution in [-0.2, 0) is 0 Å². The maximum Gasteiger partial charge on any atom is 0.337 e. The van der Waals surface area contributed by atoms with Crippen LogP contribution < -0.4 is 14.8 Å². The molecule has 1 aromatic heterocycles. The Balaban J connectivity index is 0.00000166. The highest BCUT2D eigenvalue weighted by molar-refractivity contribution is 6.04. The summed E-state index contributed by atoms with van der Waals surface area (Å²) in [6, 6.07) is 16.9. The van der Waals surface area contributed by atoms with Crippen molar-refractivity contribution >= 4 is 17.7 Å². The number of carbonyl (C=O) groups excluding carboxylic acids is 1. The van der Waals surface area contributed by atoms with Gasteiger partial charge in [0.25, 0.3) is 5.91 Å². The number of carbonyl (C=O) groups is 2. The topological polar surface area (TPSA) is 97.8 Å². The zero-order valence-electron chi connectivity index (χ0n) is 18.0. The van der Waals surface area contributed by atoms with Crippen LogP contribution in [0.2, 0.25) is 0 Å². The fourth-order valence-electron chi connectivity index (χ4n) is 2.51. The van der Waals surface area contributed by atoms with Gasteiger partial charge in [-0.25, -0.2) is 9.78 Å². The van der Waals surface area contributed by atoms with E-state index in [1.807, 2.05) is 58.0 Å². The van der Waals surface area contributed by atoms with Crippen molar-refractivity contribution in [3.63, 3.8) is 0 Å². The van der Waals surface area contributed by atoms with Gasteiger partial charge in [-0.05, 0) is 50.2 Å². The molecule has 0 spiro atoms. The van der Waals surface area contributed by atoms with Gasteiger partial charge >= 0.3 is 5.97 Å². The highest BCUT2D eigenvalue weighted by Crippen LogP contribution is 2.28. The maximum atomic E-state index is 12.7. The third-order valence-corrected chi connectivity index (χ3v) is 3.74. The molecule has 0 aliphatic heterocycles. The minimum absolute atomic E-state index is 0.0360. The number of amides is 1. The Morgan fingerprint density at radius 3 is 2.16 bits per heavy atom. The minimum atomic E-state index is -1.09. The van der Waals surface area contributed by atoms with Crippen molar-refractivity contribution in [1.82, 2.24) is 4.98 Å². The number of nitrogens with zero attached hydrogens (tertiary/aromatic N) is 1. The number of aromatic carboxylic acids is 1. The molecule has 2 N–H and O–H groups in total. The van der Waals surface area contributed by atoms with Gasteiger partial charge in [0, 0.05) is 17.8 Å². The number of anilines is 1. The Labute approximate surface area is 181 Å². The summed E-state index contributed by atoms with van der Waals surface area (Å²) in [5.74, 6) is 0.304. The van der Waals surface area contributed by atoms with Crippen LogP contribution >= 0.6 is 0 Å². The molecule has 162 valence electrons. The number of pyridine rings is 1. The van der Waals surface area contributed by atoms with Gasteiger partial charge in [-0.1, -0.05) is 32.0 Å². The summed E-state index contributed by atoms with van der Waals surface area (Å²) in [5, 5.41) is 11.6. The highest BCUT2D eigenvalue weighted by atomic mass is 16.5. The molecule has 0 unspecified atom stereocenters. The van der Waals surface area contributed by atoms with Crippen molar-refractivity contribution in [2.24, 2.45) is 0 Å². The van der Waals surface area contributed by atoms with Crippen LogP contribution in [0.25, 0.3) is 0 Å². The van der Waals surface area contributed by atoms with Crippen LogP contribution in [0.1, 0.15) is 48.4 Å². The minimum Gasteiger partial charge on any atom is -0.491 e. The number of benzene rings is 2. The number of carboxylic acid groups (broad SMARTS) is 1. The van der Waals surface area contributed by atoms with Crippen LogP contribution in [0, 0.1) is 0 Å². The SMILES string of the molecule is CC.CC(C)Oc1cc(Oc2ccccc2)cc(C(=O)Nc2ccc(C(=O)O)cn2)c1. The molecule has 0 fully saturated rings. The normalized spacial score (nSPS) is 9.97. The summed E-state index contributed by atoms with van der Waals surface area (Å²) in [6.45, 7) is 7.77. The molecule has 0 aliphatic rings. The molecule has 31 heavy (non-hydrogen) atoms. The van der Waals surface area contributed by atoms with Crippen LogP contribution in [0.5, 0.6) is 17.2 Å². The van der Waals surface area contributed by atoms with E-state index >= 15 is 0 Å². The monoisotopic (exact) mass is 422 g/mol. The molecule has 2 aromatic carbocycles. The standard InChI is InChI=1S/C22H20N2O5.C2H6/c1-14(2)28-18-10-16(11-19(12-18)29-17-6-4-3-5-7-17)21(25)24-20-9-8-15(13-23-20)22(26)27;1-2/h3-14H,1-2H3,(H,26,27)(H,23,24,25);1-2H3. The van der Waals surface area contributed by atoms with Crippen molar-refractivity contribution in [2.45, 2.75) is 33.8 Å². The number of carboxylic acids is 1. The molecule has 0 saturated heterocycles. The first-order valence-corrected chi connectivity index (χ1v) is 9.96. The van der Waals surface area contributed by atoms with Gasteiger partial charge in [-0.3, -0.25) is 4.79 Å². The van der Waals surface area contributed by atoms with E-state index in [2.05, 4.69) is 10.3 Å². The predicted molar refractivity (Wildman–Crippen MR) is 119 cm³/mol. The first-order chi connectivity index (χ1) is 14.9. The van der Waals surface area contributed by atoms with Gasteiger partial charge in [-0.15, -0.1) is 0 Å². The lowest BCUT2D eigenvalue weighted by Crippen LogP contribution is -2.14. The molecular weight excluding hydrogens is 396 g/mol. The Morgan fingerprint density at radius 2 is 1.58 bits per heavy atom. The van der Waals surface area contributed by atoms with Crippen molar-refractivity contribution in [3.05, 3.63) is 78.0 Å². The molecular formula is C24H26N2O5. The number of hydrogen-bond acceptors (Lipinski definition) is 5. The summed E-state index contributed by atoms with van der Waals surface area (Å²) in [7, 11) is 0. The summed E-state index contributed by atoms with van der Waals surface area (Å²) < 4.78 is 11.6. The molecule has 0 saturated carbocycles. The lowest BCUT2D eigenvalue weighted by molar-refractivity contribution is 0.0696. The quantitative estimate of drug-likeness (QED) is 0.511. The molecule has 3 aromatic rings. The second-order valence-electron chi connectivity index (χ2n) is 6.47. The zero-order chi connectivity index (χ0) is 22.8. The molecule has 0 aliphatic carbocycles. The van der Waals surface area contributed by atoms with E-state index in [9.17, 15) is 9.59 Å². The van der Waals surface area contributed by atoms with Gasteiger partial charge in [0.2, 0.25) is 0 Å². The fraction of sp³-hybridized carbons (Fsp3) is 0.208. The van der Waals surface area contributed by atoms with E-state index in [0.717, 1.165) is 0 Å². The molecule has 0 bridgehead atoms. The van der Waals surface area contributed by atoms with Crippen molar-refractivity contribution in [1.29, 1.82) is 0 Å². The largest absolute Gasteiger partial charge is 0.491 e. The highest BCUT2D eigenvalue weighted by Gasteiger charge is 2.13. The number of hydrogen-bond donors (Lipinski definition) is 2. The van der Waals surface area contributed by atoms with Gasteiger partial charge in [0.15, 0.2) is 0 Å². The average Bonchev–Trinajstić information content (AvgIpc) is 2.75. The Hall–Kier alpha value is -3.87. The summed E-state index contributed by atoms with van der Waals surface area (Å²) in [6.07, 6.45) is 1.10. The Morgan fingerprint density at radius 1 is 0.903 bits per heavy atom.